The maximum atomic E-state index is 4.72. The first-order valence-corrected chi connectivity index (χ1v) is 9.76. The Balaban J connectivity index is 1.65. The summed E-state index contributed by atoms with van der Waals surface area (Å²) in [5, 5.41) is 4.28. The Morgan fingerprint density at radius 1 is 1.15 bits per heavy atom. The predicted molar refractivity (Wildman–Crippen MR) is 107 cm³/mol. The van der Waals surface area contributed by atoms with Crippen LogP contribution in [0.1, 0.15) is 30.5 Å². The summed E-state index contributed by atoms with van der Waals surface area (Å²) in [6.45, 7) is 2.19. The van der Waals surface area contributed by atoms with Crippen molar-refractivity contribution < 1.29 is 0 Å². The molecule has 0 aliphatic heterocycles. The van der Waals surface area contributed by atoms with Crippen LogP contribution in [0.2, 0.25) is 0 Å². The topological polar surface area (TPSA) is 60.9 Å². The smallest absolute Gasteiger partial charge is 0.159 e. The van der Waals surface area contributed by atoms with Crippen molar-refractivity contribution in [1.29, 1.82) is 0 Å². The molecule has 1 aromatic carbocycles. The van der Waals surface area contributed by atoms with Crippen LogP contribution in [-0.2, 0) is 7.05 Å². The van der Waals surface area contributed by atoms with E-state index in [1.807, 2.05) is 43.5 Å². The monoisotopic (exact) mass is 374 g/mol. The Bertz CT molecular complexity index is 1250. The SMILES string of the molecule is CCC(c1ccc2ncsc2c1)c1nccn2c(-c3cnn(C)c3)cnc12. The molecule has 1 unspecified atom stereocenters. The summed E-state index contributed by atoms with van der Waals surface area (Å²) >= 11 is 1.67. The van der Waals surface area contributed by atoms with Crippen molar-refractivity contribution in [2.75, 3.05) is 0 Å². The van der Waals surface area contributed by atoms with E-state index in [-0.39, 0.29) is 5.92 Å². The second kappa shape index (κ2) is 6.28. The van der Waals surface area contributed by atoms with Gasteiger partial charge in [0, 0.05) is 37.1 Å². The van der Waals surface area contributed by atoms with Crippen LogP contribution < -0.4 is 0 Å². The van der Waals surface area contributed by atoms with E-state index < -0.39 is 0 Å². The molecule has 0 aliphatic carbocycles. The molecule has 134 valence electrons. The first-order chi connectivity index (χ1) is 13.2. The maximum absolute atomic E-state index is 4.72. The molecule has 0 bridgehead atoms. The highest BCUT2D eigenvalue weighted by Gasteiger charge is 2.20. The molecule has 0 radical (unpaired) electrons. The quantitative estimate of drug-likeness (QED) is 0.471. The van der Waals surface area contributed by atoms with Crippen molar-refractivity contribution in [3.8, 4) is 11.3 Å². The molecular weight excluding hydrogens is 356 g/mol. The van der Waals surface area contributed by atoms with Crippen LogP contribution in [-0.4, -0.2) is 29.1 Å². The highest BCUT2D eigenvalue weighted by atomic mass is 32.1. The van der Waals surface area contributed by atoms with Gasteiger partial charge in [0.2, 0.25) is 0 Å². The molecule has 0 aliphatic rings. The van der Waals surface area contributed by atoms with Crippen molar-refractivity contribution >= 4 is 27.2 Å². The van der Waals surface area contributed by atoms with Gasteiger partial charge in [0.05, 0.1) is 39.5 Å². The zero-order valence-electron chi connectivity index (χ0n) is 15.1. The van der Waals surface area contributed by atoms with E-state index in [1.165, 1.54) is 10.3 Å². The van der Waals surface area contributed by atoms with Crippen molar-refractivity contribution in [2.24, 2.45) is 7.05 Å². The number of fused-ring (bicyclic) bond motifs is 2. The Morgan fingerprint density at radius 3 is 2.89 bits per heavy atom. The molecular formula is C20H18N6S. The Kier molecular flexibility index (Phi) is 3.75. The Hall–Kier alpha value is -3.06. The average molecular weight is 374 g/mol. The van der Waals surface area contributed by atoms with E-state index in [2.05, 4.69) is 39.6 Å². The normalized spacial score (nSPS) is 12.8. The molecule has 5 aromatic rings. The van der Waals surface area contributed by atoms with Gasteiger partial charge < -0.3 is 0 Å². The van der Waals surface area contributed by atoms with Gasteiger partial charge in [0.25, 0.3) is 0 Å². The maximum Gasteiger partial charge on any atom is 0.159 e. The van der Waals surface area contributed by atoms with Crippen molar-refractivity contribution in [3.05, 3.63) is 66.0 Å². The average Bonchev–Trinajstić information content (AvgIpc) is 3.41. The van der Waals surface area contributed by atoms with Crippen LogP contribution in [0.15, 0.2) is 54.7 Å². The van der Waals surface area contributed by atoms with Crippen LogP contribution >= 0.6 is 11.3 Å². The summed E-state index contributed by atoms with van der Waals surface area (Å²) in [5.74, 6) is 0.185. The first kappa shape index (κ1) is 16.1. The molecule has 1 atom stereocenters. The van der Waals surface area contributed by atoms with Gasteiger partial charge >= 0.3 is 0 Å². The van der Waals surface area contributed by atoms with Gasteiger partial charge in [-0.05, 0) is 24.1 Å². The van der Waals surface area contributed by atoms with Gasteiger partial charge in [-0.3, -0.25) is 14.1 Å². The van der Waals surface area contributed by atoms with Gasteiger partial charge in [-0.2, -0.15) is 5.10 Å². The summed E-state index contributed by atoms with van der Waals surface area (Å²) in [5.41, 5.74) is 8.15. The highest BCUT2D eigenvalue weighted by molar-refractivity contribution is 7.16. The number of aromatic nitrogens is 6. The summed E-state index contributed by atoms with van der Waals surface area (Å²) < 4.78 is 5.11. The van der Waals surface area contributed by atoms with Gasteiger partial charge in [0.1, 0.15) is 0 Å². The first-order valence-electron chi connectivity index (χ1n) is 8.88. The molecule has 5 rings (SSSR count). The van der Waals surface area contributed by atoms with Crippen molar-refractivity contribution in [2.45, 2.75) is 19.3 Å². The lowest BCUT2D eigenvalue weighted by Gasteiger charge is -2.16. The number of hydrogen-bond acceptors (Lipinski definition) is 5. The van der Waals surface area contributed by atoms with E-state index >= 15 is 0 Å². The molecule has 7 heteroatoms. The van der Waals surface area contributed by atoms with Crippen LogP contribution in [0.5, 0.6) is 0 Å². The molecule has 4 heterocycles. The fraction of sp³-hybridized carbons (Fsp3) is 0.200. The molecule has 0 N–H and O–H groups in total. The molecule has 0 saturated heterocycles. The third-order valence-corrected chi connectivity index (χ3v) is 5.74. The molecule has 27 heavy (non-hydrogen) atoms. The minimum Gasteiger partial charge on any atom is -0.296 e. The zero-order valence-corrected chi connectivity index (χ0v) is 15.9. The minimum absolute atomic E-state index is 0.185. The highest BCUT2D eigenvalue weighted by Crippen LogP contribution is 2.33. The molecule has 0 saturated carbocycles. The standard InChI is InChI=1S/C20H18N6S/c1-3-15(13-4-5-16-18(8-13)27-12-23-16)19-20-22-10-17(26(20)7-6-21-19)14-9-24-25(2)11-14/h4-12,15H,3H2,1-2H3. The van der Waals surface area contributed by atoms with Crippen LogP contribution in [0.3, 0.4) is 0 Å². The van der Waals surface area contributed by atoms with E-state index in [0.29, 0.717) is 0 Å². The van der Waals surface area contributed by atoms with Gasteiger partial charge in [-0.25, -0.2) is 9.97 Å². The number of rotatable bonds is 4. The van der Waals surface area contributed by atoms with Crippen LogP contribution in [0, 0.1) is 0 Å². The van der Waals surface area contributed by atoms with E-state index in [0.717, 1.165) is 34.5 Å². The van der Waals surface area contributed by atoms with E-state index in [4.69, 9.17) is 9.97 Å². The van der Waals surface area contributed by atoms with Crippen LogP contribution in [0.25, 0.3) is 27.1 Å². The predicted octanol–water partition coefficient (Wildman–Crippen LogP) is 4.28. The third kappa shape index (κ3) is 2.62. The number of hydrogen-bond donors (Lipinski definition) is 0. The van der Waals surface area contributed by atoms with Gasteiger partial charge in [0.15, 0.2) is 5.65 Å². The van der Waals surface area contributed by atoms with E-state index in [9.17, 15) is 0 Å². The zero-order chi connectivity index (χ0) is 18.4. The summed E-state index contributed by atoms with van der Waals surface area (Å²) in [7, 11) is 1.92. The van der Waals surface area contributed by atoms with E-state index in [1.54, 1.807) is 16.0 Å². The fourth-order valence-electron chi connectivity index (χ4n) is 3.63. The molecule has 6 nitrogen and oxygen atoms in total. The third-order valence-electron chi connectivity index (χ3n) is 4.95. The molecule has 0 fully saturated rings. The second-order valence-electron chi connectivity index (χ2n) is 6.59. The lowest BCUT2D eigenvalue weighted by atomic mass is 9.93. The Morgan fingerprint density at radius 2 is 2.07 bits per heavy atom. The molecule has 0 spiro atoms. The lowest BCUT2D eigenvalue weighted by molar-refractivity contribution is 0.749. The fourth-order valence-corrected chi connectivity index (χ4v) is 4.35. The van der Waals surface area contributed by atoms with Crippen molar-refractivity contribution in [3.63, 3.8) is 0 Å². The lowest BCUT2D eigenvalue weighted by Crippen LogP contribution is -2.05. The number of benzene rings is 1. The summed E-state index contributed by atoms with van der Waals surface area (Å²) in [6, 6.07) is 6.49. The number of imidazole rings is 1. The number of aryl methyl sites for hydroxylation is 1. The summed E-state index contributed by atoms with van der Waals surface area (Å²) in [4.78, 5) is 13.8. The summed E-state index contributed by atoms with van der Waals surface area (Å²) in [6.07, 6.45) is 10.5. The molecule has 0 amide bonds. The largest absolute Gasteiger partial charge is 0.296 e. The Labute approximate surface area is 160 Å². The minimum atomic E-state index is 0.185. The number of thiazole rings is 1. The second-order valence-corrected chi connectivity index (χ2v) is 7.48. The van der Waals surface area contributed by atoms with Gasteiger partial charge in [-0.15, -0.1) is 11.3 Å². The molecule has 4 aromatic heterocycles. The van der Waals surface area contributed by atoms with Gasteiger partial charge in [-0.1, -0.05) is 13.0 Å². The van der Waals surface area contributed by atoms with Crippen LogP contribution in [0.4, 0.5) is 0 Å². The van der Waals surface area contributed by atoms with Crippen molar-refractivity contribution in [1.82, 2.24) is 29.1 Å². The number of nitrogens with zero attached hydrogens (tertiary/aromatic N) is 6.